The molecule has 1 aromatic heterocycles. The number of hydrogen-bond donors (Lipinski definition) is 2. The zero-order valence-corrected chi connectivity index (χ0v) is 16.9. The molecule has 0 atom stereocenters. The van der Waals surface area contributed by atoms with Gasteiger partial charge in [-0.25, -0.2) is 9.97 Å². The fraction of sp³-hybridized carbons (Fsp3) is 0.348. The molecule has 0 bridgehead atoms. The Hall–Kier alpha value is -3.19. The SMILES string of the molecule is O=C(CCCCO)N1CCN(c2nc(-c3ccccc3O)nc3ccccc23)CC1. The monoisotopic (exact) mass is 406 g/mol. The minimum Gasteiger partial charge on any atom is -0.507 e. The highest BCUT2D eigenvalue weighted by Gasteiger charge is 2.24. The molecule has 2 aromatic carbocycles. The Kier molecular flexibility index (Phi) is 6.09. The van der Waals surface area contributed by atoms with Gasteiger partial charge in [0.05, 0.1) is 11.1 Å². The van der Waals surface area contributed by atoms with Gasteiger partial charge in [0.1, 0.15) is 11.6 Å². The van der Waals surface area contributed by atoms with Gasteiger partial charge in [-0.3, -0.25) is 4.79 Å². The van der Waals surface area contributed by atoms with Gasteiger partial charge >= 0.3 is 0 Å². The normalized spacial score (nSPS) is 14.3. The summed E-state index contributed by atoms with van der Waals surface area (Å²) in [7, 11) is 0. The van der Waals surface area contributed by atoms with Gasteiger partial charge in [-0.2, -0.15) is 0 Å². The molecule has 1 saturated heterocycles. The summed E-state index contributed by atoms with van der Waals surface area (Å²) in [5.41, 5.74) is 1.42. The van der Waals surface area contributed by atoms with Crippen molar-refractivity contribution < 1.29 is 15.0 Å². The van der Waals surface area contributed by atoms with Crippen LogP contribution in [0.25, 0.3) is 22.3 Å². The smallest absolute Gasteiger partial charge is 0.222 e. The van der Waals surface area contributed by atoms with Crippen LogP contribution in [-0.2, 0) is 4.79 Å². The fourth-order valence-corrected chi connectivity index (χ4v) is 3.80. The van der Waals surface area contributed by atoms with Gasteiger partial charge in [0.15, 0.2) is 5.82 Å². The van der Waals surface area contributed by atoms with E-state index in [9.17, 15) is 9.90 Å². The van der Waals surface area contributed by atoms with Crippen LogP contribution in [0.2, 0.25) is 0 Å². The number of aromatic hydroxyl groups is 1. The number of carbonyl (C=O) groups excluding carboxylic acids is 1. The van der Waals surface area contributed by atoms with E-state index in [0.717, 1.165) is 23.1 Å². The number of phenols is 1. The Labute approximate surface area is 175 Å². The number of fused-ring (bicyclic) bond motifs is 1. The minimum absolute atomic E-state index is 0.126. The van der Waals surface area contributed by atoms with Gasteiger partial charge in [-0.1, -0.05) is 24.3 Å². The zero-order valence-electron chi connectivity index (χ0n) is 16.9. The second-order valence-electron chi connectivity index (χ2n) is 7.45. The van der Waals surface area contributed by atoms with Crippen LogP contribution in [0.4, 0.5) is 5.82 Å². The molecule has 0 radical (unpaired) electrons. The summed E-state index contributed by atoms with van der Waals surface area (Å²) < 4.78 is 0. The van der Waals surface area contributed by atoms with Crippen LogP contribution >= 0.6 is 0 Å². The lowest BCUT2D eigenvalue weighted by Crippen LogP contribution is -2.49. The van der Waals surface area contributed by atoms with Crippen LogP contribution in [0.3, 0.4) is 0 Å². The van der Waals surface area contributed by atoms with Crippen molar-refractivity contribution >= 4 is 22.6 Å². The van der Waals surface area contributed by atoms with Gasteiger partial charge < -0.3 is 20.0 Å². The van der Waals surface area contributed by atoms with Crippen molar-refractivity contribution in [3.63, 3.8) is 0 Å². The van der Waals surface area contributed by atoms with Crippen LogP contribution in [0.5, 0.6) is 5.75 Å². The van der Waals surface area contributed by atoms with Crippen molar-refractivity contribution in [2.24, 2.45) is 0 Å². The first-order chi connectivity index (χ1) is 14.7. The van der Waals surface area contributed by atoms with E-state index in [1.807, 2.05) is 41.3 Å². The standard InChI is InChI=1S/C23H26N4O3/c28-16-6-5-11-21(30)26-12-14-27(15-13-26)23-17-7-1-3-9-19(17)24-22(25-23)18-8-2-4-10-20(18)29/h1-4,7-10,28-29H,5-6,11-16H2. The number of aliphatic hydroxyl groups is 1. The zero-order chi connectivity index (χ0) is 20.9. The third-order valence-corrected chi connectivity index (χ3v) is 5.46. The van der Waals surface area contributed by atoms with Crippen LogP contribution in [0, 0.1) is 0 Å². The number of aromatic nitrogens is 2. The molecule has 156 valence electrons. The average molecular weight is 406 g/mol. The number of carbonyl (C=O) groups is 1. The minimum atomic E-state index is 0.126. The fourth-order valence-electron chi connectivity index (χ4n) is 3.80. The average Bonchev–Trinajstić information content (AvgIpc) is 2.79. The number of amides is 1. The molecule has 2 heterocycles. The molecule has 1 aliphatic heterocycles. The summed E-state index contributed by atoms with van der Waals surface area (Å²) in [4.78, 5) is 25.9. The molecule has 7 nitrogen and oxygen atoms in total. The topological polar surface area (TPSA) is 89.8 Å². The van der Waals surface area contributed by atoms with Crippen LogP contribution in [-0.4, -0.2) is 63.8 Å². The largest absolute Gasteiger partial charge is 0.507 e. The van der Waals surface area contributed by atoms with Gasteiger partial charge in [-0.05, 0) is 37.1 Å². The predicted molar refractivity (Wildman–Crippen MR) is 116 cm³/mol. The molecule has 0 spiro atoms. The lowest BCUT2D eigenvalue weighted by atomic mass is 10.1. The molecular formula is C23H26N4O3. The van der Waals surface area contributed by atoms with E-state index < -0.39 is 0 Å². The van der Waals surface area contributed by atoms with E-state index in [0.29, 0.717) is 50.4 Å². The lowest BCUT2D eigenvalue weighted by Gasteiger charge is -2.36. The van der Waals surface area contributed by atoms with E-state index in [1.165, 1.54) is 0 Å². The highest BCUT2D eigenvalue weighted by molar-refractivity contribution is 5.91. The van der Waals surface area contributed by atoms with E-state index in [4.69, 9.17) is 10.1 Å². The van der Waals surface area contributed by atoms with Gasteiger partial charge in [0.25, 0.3) is 0 Å². The molecule has 30 heavy (non-hydrogen) atoms. The van der Waals surface area contributed by atoms with Gasteiger partial charge in [-0.15, -0.1) is 0 Å². The molecule has 2 N–H and O–H groups in total. The number of para-hydroxylation sites is 2. The maximum absolute atomic E-state index is 12.4. The van der Waals surface area contributed by atoms with Crippen molar-refractivity contribution in [3.05, 3.63) is 48.5 Å². The number of benzene rings is 2. The van der Waals surface area contributed by atoms with Crippen LogP contribution in [0.1, 0.15) is 19.3 Å². The summed E-state index contributed by atoms with van der Waals surface area (Å²) in [6, 6.07) is 14.9. The van der Waals surface area contributed by atoms with E-state index in [2.05, 4.69) is 9.88 Å². The number of unbranched alkanes of at least 4 members (excludes halogenated alkanes) is 1. The van der Waals surface area contributed by atoms with E-state index in [-0.39, 0.29) is 18.3 Å². The summed E-state index contributed by atoms with van der Waals surface area (Å²) in [5.74, 6) is 1.61. The van der Waals surface area contributed by atoms with Gasteiger partial charge in [0, 0.05) is 44.6 Å². The summed E-state index contributed by atoms with van der Waals surface area (Å²) in [6.07, 6.45) is 1.86. The Morgan fingerprint density at radius 1 is 0.933 bits per heavy atom. The number of phenolic OH excluding ortho intramolecular Hbond substituents is 1. The highest BCUT2D eigenvalue weighted by atomic mass is 16.3. The molecule has 1 amide bonds. The first-order valence-electron chi connectivity index (χ1n) is 10.4. The molecule has 1 fully saturated rings. The molecule has 0 aliphatic carbocycles. The van der Waals surface area contributed by atoms with E-state index >= 15 is 0 Å². The molecular weight excluding hydrogens is 380 g/mol. The quantitative estimate of drug-likeness (QED) is 0.612. The maximum Gasteiger partial charge on any atom is 0.222 e. The molecule has 4 rings (SSSR count). The van der Waals surface area contributed by atoms with Gasteiger partial charge in [0.2, 0.25) is 5.91 Å². The Morgan fingerprint density at radius 2 is 1.67 bits per heavy atom. The predicted octanol–water partition coefficient (Wildman–Crippen LogP) is 2.81. The lowest BCUT2D eigenvalue weighted by molar-refractivity contribution is -0.131. The van der Waals surface area contributed by atoms with Crippen molar-refractivity contribution in [2.75, 3.05) is 37.7 Å². The van der Waals surface area contributed by atoms with Crippen molar-refractivity contribution in [2.45, 2.75) is 19.3 Å². The Balaban J connectivity index is 1.59. The molecule has 3 aromatic rings. The molecule has 0 saturated carbocycles. The Bertz CT molecular complexity index is 1030. The first-order valence-corrected chi connectivity index (χ1v) is 10.4. The summed E-state index contributed by atoms with van der Waals surface area (Å²) >= 11 is 0. The number of piperazine rings is 1. The second-order valence-corrected chi connectivity index (χ2v) is 7.45. The maximum atomic E-state index is 12.4. The molecule has 7 heteroatoms. The molecule has 1 aliphatic rings. The van der Waals surface area contributed by atoms with Crippen molar-refractivity contribution in [1.29, 1.82) is 0 Å². The summed E-state index contributed by atoms with van der Waals surface area (Å²) in [6.45, 7) is 2.78. The number of nitrogens with zero attached hydrogens (tertiary/aromatic N) is 4. The number of aliphatic hydroxyl groups excluding tert-OH is 1. The molecule has 0 unspecified atom stereocenters. The second kappa shape index (κ2) is 9.09. The number of rotatable bonds is 6. The summed E-state index contributed by atoms with van der Waals surface area (Å²) in [5, 5.41) is 20.1. The number of anilines is 1. The first kappa shape index (κ1) is 20.1. The Morgan fingerprint density at radius 3 is 2.43 bits per heavy atom. The van der Waals surface area contributed by atoms with Crippen molar-refractivity contribution in [1.82, 2.24) is 14.9 Å². The third-order valence-electron chi connectivity index (χ3n) is 5.46. The van der Waals surface area contributed by atoms with E-state index in [1.54, 1.807) is 12.1 Å². The van der Waals surface area contributed by atoms with Crippen molar-refractivity contribution in [3.8, 4) is 17.1 Å². The third kappa shape index (κ3) is 4.21. The van der Waals surface area contributed by atoms with Crippen LogP contribution < -0.4 is 4.90 Å². The number of hydrogen-bond acceptors (Lipinski definition) is 6. The highest BCUT2D eigenvalue weighted by Crippen LogP contribution is 2.31. The van der Waals surface area contributed by atoms with Crippen LogP contribution in [0.15, 0.2) is 48.5 Å².